The second-order valence-electron chi connectivity index (χ2n) is 4.48. The fourth-order valence-electron chi connectivity index (χ4n) is 2.50. The Morgan fingerprint density at radius 1 is 1.30 bits per heavy atom. The summed E-state index contributed by atoms with van der Waals surface area (Å²) in [6.45, 7) is 0. The fourth-order valence-corrected chi connectivity index (χ4v) is 2.50. The van der Waals surface area contributed by atoms with Gasteiger partial charge in [-0.2, -0.15) is 0 Å². The highest BCUT2D eigenvalue weighted by atomic mass is 16.5. The predicted molar refractivity (Wildman–Crippen MR) is 71.7 cm³/mol. The predicted octanol–water partition coefficient (Wildman–Crippen LogP) is 2.66. The number of ether oxygens (including phenoxy) is 1. The first kappa shape index (κ1) is 12.6. The smallest absolute Gasteiger partial charge is 0.305 e. The largest absolute Gasteiger partial charge is 0.492 e. The van der Waals surface area contributed by atoms with Crippen molar-refractivity contribution in [1.29, 1.82) is 0 Å². The van der Waals surface area contributed by atoms with E-state index in [1.54, 1.807) is 19.2 Å². The minimum Gasteiger partial charge on any atom is -0.492 e. The van der Waals surface area contributed by atoms with Crippen molar-refractivity contribution in [3.8, 4) is 5.75 Å². The Bertz CT molecular complexity index is 734. The van der Waals surface area contributed by atoms with E-state index in [1.807, 2.05) is 0 Å². The minimum atomic E-state index is -0.968. The lowest BCUT2D eigenvalue weighted by atomic mass is 9.98. The number of benzene rings is 1. The van der Waals surface area contributed by atoms with Gasteiger partial charge in [0.05, 0.1) is 31.4 Å². The summed E-state index contributed by atoms with van der Waals surface area (Å²) in [7, 11) is 1.54. The highest BCUT2D eigenvalue weighted by molar-refractivity contribution is 6.04. The summed E-state index contributed by atoms with van der Waals surface area (Å²) in [5, 5.41) is 10.4. The van der Waals surface area contributed by atoms with E-state index in [4.69, 9.17) is 24.4 Å². The molecular formula is C14H13NO5. The van der Waals surface area contributed by atoms with Gasteiger partial charge in [-0.15, -0.1) is 0 Å². The van der Waals surface area contributed by atoms with Gasteiger partial charge < -0.3 is 24.4 Å². The molecule has 1 aromatic carbocycles. The first-order chi connectivity index (χ1) is 9.63. The van der Waals surface area contributed by atoms with Crippen LogP contribution in [0.3, 0.4) is 0 Å². The molecule has 0 aliphatic rings. The molecule has 0 fully saturated rings. The number of fused-ring (bicyclic) bond motifs is 2. The Morgan fingerprint density at radius 3 is 2.60 bits per heavy atom. The Kier molecular flexibility index (Phi) is 2.87. The fraction of sp³-hybridized carbons (Fsp3) is 0.214. The van der Waals surface area contributed by atoms with Gasteiger partial charge in [0, 0.05) is 17.0 Å². The van der Waals surface area contributed by atoms with Crippen LogP contribution >= 0.6 is 0 Å². The molecule has 2 aromatic heterocycles. The van der Waals surface area contributed by atoms with E-state index >= 15 is 0 Å². The zero-order chi connectivity index (χ0) is 14.3. The van der Waals surface area contributed by atoms with Gasteiger partial charge in [-0.1, -0.05) is 0 Å². The molecule has 0 aliphatic carbocycles. The molecule has 3 aromatic rings. The van der Waals surface area contributed by atoms with E-state index in [1.165, 1.54) is 12.5 Å². The number of carbonyl (C=O) groups is 1. The van der Waals surface area contributed by atoms with Crippen LogP contribution < -0.4 is 10.5 Å². The van der Waals surface area contributed by atoms with Crippen molar-refractivity contribution >= 4 is 27.9 Å². The molecule has 1 unspecified atom stereocenters. The van der Waals surface area contributed by atoms with E-state index in [0.29, 0.717) is 33.3 Å². The van der Waals surface area contributed by atoms with Crippen molar-refractivity contribution in [3.63, 3.8) is 0 Å². The molecule has 0 saturated carbocycles. The summed E-state index contributed by atoms with van der Waals surface area (Å²) in [5.74, 6) is -0.412. The van der Waals surface area contributed by atoms with Crippen molar-refractivity contribution in [2.75, 3.05) is 7.11 Å². The zero-order valence-corrected chi connectivity index (χ0v) is 10.8. The quantitative estimate of drug-likeness (QED) is 0.759. The Morgan fingerprint density at radius 2 is 1.95 bits per heavy atom. The molecule has 0 radical (unpaired) electrons. The average molecular weight is 275 g/mol. The van der Waals surface area contributed by atoms with Crippen LogP contribution in [0.15, 0.2) is 33.5 Å². The molecule has 20 heavy (non-hydrogen) atoms. The maximum atomic E-state index is 10.9. The van der Waals surface area contributed by atoms with Gasteiger partial charge in [0.15, 0.2) is 11.3 Å². The molecule has 1 atom stereocenters. The number of methoxy groups -OCH3 is 1. The molecule has 2 heterocycles. The second kappa shape index (κ2) is 4.57. The number of carboxylic acid groups (broad SMARTS) is 1. The molecular weight excluding hydrogens is 262 g/mol. The van der Waals surface area contributed by atoms with Gasteiger partial charge in [0.25, 0.3) is 0 Å². The van der Waals surface area contributed by atoms with Crippen LogP contribution in [0, 0.1) is 0 Å². The van der Waals surface area contributed by atoms with Crippen LogP contribution in [0.1, 0.15) is 18.0 Å². The molecule has 6 nitrogen and oxygen atoms in total. The zero-order valence-electron chi connectivity index (χ0n) is 10.8. The lowest BCUT2D eigenvalue weighted by molar-refractivity contribution is -0.137. The molecule has 3 N–H and O–H groups in total. The molecule has 104 valence electrons. The Hall–Kier alpha value is -2.47. The summed E-state index contributed by atoms with van der Waals surface area (Å²) < 4.78 is 16.3. The number of aliphatic carboxylic acids is 1. The van der Waals surface area contributed by atoms with E-state index in [2.05, 4.69) is 0 Å². The van der Waals surface area contributed by atoms with Crippen LogP contribution in [0.25, 0.3) is 21.9 Å². The monoisotopic (exact) mass is 275 g/mol. The third-order valence-corrected chi connectivity index (χ3v) is 3.29. The van der Waals surface area contributed by atoms with Gasteiger partial charge in [-0.25, -0.2) is 0 Å². The average Bonchev–Trinajstić information content (AvgIpc) is 3.02. The Labute approximate surface area is 113 Å². The second-order valence-corrected chi connectivity index (χ2v) is 4.48. The minimum absolute atomic E-state index is 0.192. The van der Waals surface area contributed by atoms with Crippen molar-refractivity contribution < 1.29 is 23.5 Å². The molecule has 0 bridgehead atoms. The van der Waals surface area contributed by atoms with Crippen LogP contribution in [0.2, 0.25) is 0 Å². The maximum Gasteiger partial charge on any atom is 0.305 e. The standard InChI is InChI=1S/C14H13NO5/c1-18-13-8-3-5-19-12(8)11(9(15)6-10(16)17)7-2-4-20-14(7)13/h2-5,9H,6,15H2,1H3,(H,16,17). The highest BCUT2D eigenvalue weighted by Crippen LogP contribution is 2.41. The molecule has 0 saturated heterocycles. The van der Waals surface area contributed by atoms with Crippen LogP contribution in [0.5, 0.6) is 5.75 Å². The Balaban J connectivity index is 2.35. The number of carboxylic acids is 1. The summed E-state index contributed by atoms with van der Waals surface area (Å²) in [6.07, 6.45) is 2.84. The lowest BCUT2D eigenvalue weighted by Crippen LogP contribution is -2.15. The van der Waals surface area contributed by atoms with E-state index in [0.717, 1.165) is 0 Å². The third-order valence-electron chi connectivity index (χ3n) is 3.29. The van der Waals surface area contributed by atoms with E-state index in [9.17, 15) is 4.79 Å². The molecule has 3 rings (SSSR count). The maximum absolute atomic E-state index is 10.9. The number of rotatable bonds is 4. The van der Waals surface area contributed by atoms with E-state index in [-0.39, 0.29) is 6.42 Å². The third kappa shape index (κ3) is 1.73. The summed E-state index contributed by atoms with van der Waals surface area (Å²) in [6, 6.07) is 2.79. The van der Waals surface area contributed by atoms with Crippen molar-refractivity contribution in [1.82, 2.24) is 0 Å². The number of hydrogen-bond acceptors (Lipinski definition) is 5. The molecule has 6 heteroatoms. The first-order valence-electron chi connectivity index (χ1n) is 6.05. The topological polar surface area (TPSA) is 98.8 Å². The van der Waals surface area contributed by atoms with Gasteiger partial charge >= 0.3 is 5.97 Å². The van der Waals surface area contributed by atoms with Gasteiger partial charge in [0.1, 0.15) is 5.58 Å². The molecule has 0 amide bonds. The van der Waals surface area contributed by atoms with Crippen LogP contribution in [0.4, 0.5) is 0 Å². The van der Waals surface area contributed by atoms with Crippen molar-refractivity contribution in [3.05, 3.63) is 30.2 Å². The molecule has 0 spiro atoms. The number of nitrogens with two attached hydrogens (primary N) is 1. The lowest BCUT2D eigenvalue weighted by Gasteiger charge is -2.13. The van der Waals surface area contributed by atoms with Crippen LogP contribution in [-0.2, 0) is 4.79 Å². The number of hydrogen-bond donors (Lipinski definition) is 2. The summed E-state index contributed by atoms with van der Waals surface area (Å²) in [4.78, 5) is 10.9. The van der Waals surface area contributed by atoms with E-state index < -0.39 is 12.0 Å². The van der Waals surface area contributed by atoms with Gasteiger partial charge in [-0.05, 0) is 12.1 Å². The van der Waals surface area contributed by atoms with Crippen LogP contribution in [-0.4, -0.2) is 18.2 Å². The SMILES string of the molecule is COc1c2ccoc2c(C(N)CC(=O)O)c2ccoc12. The number of furan rings is 2. The van der Waals surface area contributed by atoms with Gasteiger partial charge in [0.2, 0.25) is 0 Å². The highest BCUT2D eigenvalue weighted by Gasteiger charge is 2.24. The summed E-state index contributed by atoms with van der Waals surface area (Å²) in [5.41, 5.74) is 7.71. The summed E-state index contributed by atoms with van der Waals surface area (Å²) >= 11 is 0. The van der Waals surface area contributed by atoms with Crippen molar-refractivity contribution in [2.24, 2.45) is 5.73 Å². The van der Waals surface area contributed by atoms with Crippen molar-refractivity contribution in [2.45, 2.75) is 12.5 Å². The normalized spacial score (nSPS) is 12.9. The first-order valence-corrected chi connectivity index (χ1v) is 6.05. The van der Waals surface area contributed by atoms with Gasteiger partial charge in [-0.3, -0.25) is 4.79 Å². The molecule has 0 aliphatic heterocycles.